The predicted molar refractivity (Wildman–Crippen MR) is 46.9 cm³/mol. The molecule has 12 heavy (non-hydrogen) atoms. The molecule has 2 aliphatic heterocycles. The van der Waals surface area contributed by atoms with E-state index < -0.39 is 0 Å². The van der Waals surface area contributed by atoms with Crippen LogP contribution in [0, 0.1) is 0 Å². The van der Waals surface area contributed by atoms with Gasteiger partial charge in [-0.2, -0.15) is 0 Å². The fourth-order valence-electron chi connectivity index (χ4n) is 1.53. The molecule has 0 saturated carbocycles. The Balaban J connectivity index is 2.34. The van der Waals surface area contributed by atoms with Gasteiger partial charge in [-0.05, 0) is 22.3 Å². The molecule has 2 nitrogen and oxygen atoms in total. The minimum atomic E-state index is 0.659. The van der Waals surface area contributed by atoms with Crippen molar-refractivity contribution >= 4 is 0 Å². The molecule has 0 amide bonds. The van der Waals surface area contributed by atoms with E-state index in [-0.39, 0.29) is 0 Å². The van der Waals surface area contributed by atoms with Crippen LogP contribution in [0.25, 0.3) is 0 Å². The van der Waals surface area contributed by atoms with Gasteiger partial charge in [0.25, 0.3) is 0 Å². The quantitative estimate of drug-likeness (QED) is 0.539. The molecule has 0 aromatic carbocycles. The Kier molecular flexibility index (Phi) is 1.87. The number of hydrogen-bond donors (Lipinski definition) is 0. The van der Waals surface area contributed by atoms with Gasteiger partial charge in [0.1, 0.15) is 0 Å². The largest absolute Gasteiger partial charge is 0.372 e. The van der Waals surface area contributed by atoms with Gasteiger partial charge in [0.2, 0.25) is 0 Å². The average Bonchev–Trinajstić information content (AvgIpc) is 2.59. The summed E-state index contributed by atoms with van der Waals surface area (Å²) in [5, 5.41) is 0. The van der Waals surface area contributed by atoms with Crippen LogP contribution in [0.2, 0.25) is 0 Å². The first-order chi connectivity index (χ1) is 5.79. The summed E-state index contributed by atoms with van der Waals surface area (Å²) in [6, 6.07) is 0. The zero-order valence-electron chi connectivity index (χ0n) is 7.06. The highest BCUT2D eigenvalue weighted by molar-refractivity contribution is 5.47. The first-order valence-electron chi connectivity index (χ1n) is 4.03. The molecule has 2 rings (SSSR count). The highest BCUT2D eigenvalue weighted by atomic mass is 16.5. The van der Waals surface area contributed by atoms with E-state index in [1.165, 1.54) is 11.1 Å². The Morgan fingerprint density at radius 1 is 0.750 bits per heavy atom. The SMILES string of the molecule is C=C1COC/C1=C1/COCC1=C. The summed E-state index contributed by atoms with van der Waals surface area (Å²) in [7, 11) is 0. The van der Waals surface area contributed by atoms with E-state index in [0.29, 0.717) is 26.4 Å². The first kappa shape index (κ1) is 7.77. The van der Waals surface area contributed by atoms with E-state index in [9.17, 15) is 0 Å². The Bertz CT molecular complexity index is 246. The van der Waals surface area contributed by atoms with Crippen molar-refractivity contribution in [2.75, 3.05) is 26.4 Å². The normalized spacial score (nSPS) is 30.3. The summed E-state index contributed by atoms with van der Waals surface area (Å²) in [5.74, 6) is 0. The van der Waals surface area contributed by atoms with Crippen LogP contribution in [0.4, 0.5) is 0 Å². The highest BCUT2D eigenvalue weighted by Gasteiger charge is 2.21. The Labute approximate surface area is 72.2 Å². The molecule has 0 aromatic heterocycles. The predicted octanol–water partition coefficient (Wildman–Crippen LogP) is 1.46. The Morgan fingerprint density at radius 3 is 1.42 bits per heavy atom. The van der Waals surface area contributed by atoms with Crippen molar-refractivity contribution in [3.63, 3.8) is 0 Å². The molecular formula is C10H12O2. The van der Waals surface area contributed by atoms with E-state index in [1.54, 1.807) is 0 Å². The van der Waals surface area contributed by atoms with Gasteiger partial charge < -0.3 is 9.47 Å². The minimum absolute atomic E-state index is 0.659. The van der Waals surface area contributed by atoms with Crippen molar-refractivity contribution in [1.29, 1.82) is 0 Å². The van der Waals surface area contributed by atoms with Crippen molar-refractivity contribution in [3.05, 3.63) is 35.5 Å². The molecular weight excluding hydrogens is 152 g/mol. The maximum Gasteiger partial charge on any atom is 0.0728 e. The van der Waals surface area contributed by atoms with Crippen LogP contribution in [-0.2, 0) is 9.47 Å². The minimum Gasteiger partial charge on any atom is -0.372 e. The lowest BCUT2D eigenvalue weighted by Crippen LogP contribution is -1.94. The van der Waals surface area contributed by atoms with Crippen LogP contribution >= 0.6 is 0 Å². The van der Waals surface area contributed by atoms with Crippen molar-refractivity contribution in [2.24, 2.45) is 0 Å². The molecule has 0 N–H and O–H groups in total. The molecule has 2 fully saturated rings. The van der Waals surface area contributed by atoms with Crippen LogP contribution in [-0.4, -0.2) is 26.4 Å². The molecule has 2 saturated heterocycles. The van der Waals surface area contributed by atoms with Gasteiger partial charge >= 0.3 is 0 Å². The summed E-state index contributed by atoms with van der Waals surface area (Å²) < 4.78 is 10.6. The summed E-state index contributed by atoms with van der Waals surface area (Å²) in [5.41, 5.74) is 4.57. The van der Waals surface area contributed by atoms with E-state index in [1.807, 2.05) is 0 Å². The van der Waals surface area contributed by atoms with E-state index in [4.69, 9.17) is 9.47 Å². The van der Waals surface area contributed by atoms with Gasteiger partial charge in [-0.1, -0.05) is 13.2 Å². The van der Waals surface area contributed by atoms with Gasteiger partial charge in [-0.15, -0.1) is 0 Å². The molecule has 2 heterocycles. The van der Waals surface area contributed by atoms with Crippen molar-refractivity contribution in [1.82, 2.24) is 0 Å². The molecule has 0 aliphatic carbocycles. The summed E-state index contributed by atoms with van der Waals surface area (Å²) >= 11 is 0. The van der Waals surface area contributed by atoms with Crippen LogP contribution in [0.15, 0.2) is 35.5 Å². The van der Waals surface area contributed by atoms with Crippen molar-refractivity contribution in [3.8, 4) is 0 Å². The molecule has 2 aliphatic rings. The van der Waals surface area contributed by atoms with E-state index >= 15 is 0 Å². The Hall–Kier alpha value is -0.860. The van der Waals surface area contributed by atoms with Crippen LogP contribution in [0.1, 0.15) is 0 Å². The lowest BCUT2D eigenvalue weighted by Gasteiger charge is -2.01. The fraction of sp³-hybridized carbons (Fsp3) is 0.400. The summed E-state index contributed by atoms with van der Waals surface area (Å²) in [4.78, 5) is 0. The third-order valence-electron chi connectivity index (χ3n) is 2.26. The van der Waals surface area contributed by atoms with Crippen molar-refractivity contribution in [2.45, 2.75) is 0 Å². The monoisotopic (exact) mass is 164 g/mol. The first-order valence-corrected chi connectivity index (χ1v) is 4.03. The molecule has 0 aromatic rings. The molecule has 0 unspecified atom stereocenters. The molecule has 0 spiro atoms. The number of rotatable bonds is 0. The topological polar surface area (TPSA) is 18.5 Å². The maximum absolute atomic E-state index is 5.28. The van der Waals surface area contributed by atoms with Gasteiger partial charge in [0.15, 0.2) is 0 Å². The lowest BCUT2D eigenvalue weighted by molar-refractivity contribution is 0.209. The summed E-state index contributed by atoms with van der Waals surface area (Å²) in [6.45, 7) is 10.5. The zero-order chi connectivity index (χ0) is 8.55. The molecule has 2 heteroatoms. The second-order valence-electron chi connectivity index (χ2n) is 3.15. The number of ether oxygens (including phenoxy) is 2. The standard InChI is InChI=1S/C10H12O2/c1-7-3-11-5-9(7)10-6-12-4-8(10)2/h1-6H2/b10-9+. The highest BCUT2D eigenvalue weighted by Crippen LogP contribution is 2.28. The third kappa shape index (κ3) is 1.13. The summed E-state index contributed by atoms with van der Waals surface area (Å²) in [6.07, 6.45) is 0. The molecule has 64 valence electrons. The maximum atomic E-state index is 5.28. The smallest absolute Gasteiger partial charge is 0.0728 e. The van der Waals surface area contributed by atoms with Gasteiger partial charge in [0.05, 0.1) is 26.4 Å². The molecule has 0 radical (unpaired) electrons. The van der Waals surface area contributed by atoms with Gasteiger partial charge in [-0.3, -0.25) is 0 Å². The fourth-order valence-corrected chi connectivity index (χ4v) is 1.53. The zero-order valence-corrected chi connectivity index (χ0v) is 7.06. The third-order valence-corrected chi connectivity index (χ3v) is 2.26. The average molecular weight is 164 g/mol. The number of hydrogen-bond acceptors (Lipinski definition) is 2. The van der Waals surface area contributed by atoms with Crippen LogP contribution < -0.4 is 0 Å². The molecule has 0 atom stereocenters. The molecule has 0 bridgehead atoms. The van der Waals surface area contributed by atoms with E-state index in [2.05, 4.69) is 13.2 Å². The van der Waals surface area contributed by atoms with Gasteiger partial charge in [0, 0.05) is 0 Å². The lowest BCUT2D eigenvalue weighted by atomic mass is 10.0. The van der Waals surface area contributed by atoms with Crippen LogP contribution in [0.3, 0.4) is 0 Å². The second kappa shape index (κ2) is 2.88. The Morgan fingerprint density at radius 2 is 1.17 bits per heavy atom. The van der Waals surface area contributed by atoms with Crippen LogP contribution in [0.5, 0.6) is 0 Å². The van der Waals surface area contributed by atoms with E-state index in [0.717, 1.165) is 11.1 Å². The van der Waals surface area contributed by atoms with Crippen molar-refractivity contribution < 1.29 is 9.47 Å². The second-order valence-corrected chi connectivity index (χ2v) is 3.15. The van der Waals surface area contributed by atoms with Gasteiger partial charge in [-0.25, -0.2) is 0 Å².